The zero-order valence-corrected chi connectivity index (χ0v) is 10.5. The zero-order chi connectivity index (χ0) is 14.0. The van der Waals surface area contributed by atoms with Crippen LogP contribution in [0.25, 0.3) is 0 Å². The van der Waals surface area contributed by atoms with Gasteiger partial charge in [-0.15, -0.1) is 0 Å². The van der Waals surface area contributed by atoms with Crippen molar-refractivity contribution in [1.29, 1.82) is 0 Å². The second-order valence-electron chi connectivity index (χ2n) is 5.15. The molecule has 1 amide bonds. The predicted molar refractivity (Wildman–Crippen MR) is 59.7 cm³/mol. The molecule has 1 heterocycles. The van der Waals surface area contributed by atoms with Crippen LogP contribution in [-0.4, -0.2) is 27.7 Å². The number of halogens is 3. The smallest absolute Gasteiger partial charge is 0.343 e. The Hall–Kier alpha value is -1.53. The highest BCUT2D eigenvalue weighted by Gasteiger charge is 2.41. The number of nitrogens with one attached hydrogen (secondary N) is 1. The summed E-state index contributed by atoms with van der Waals surface area (Å²) in [4.78, 5) is 14.8. The molecule has 7 heteroatoms. The molecule has 0 fully saturated rings. The fourth-order valence-corrected chi connectivity index (χ4v) is 1.38. The average molecular weight is 263 g/mol. The number of rotatable bonds is 3. The van der Waals surface area contributed by atoms with Crippen molar-refractivity contribution in [3.05, 3.63) is 18.7 Å². The summed E-state index contributed by atoms with van der Waals surface area (Å²) < 4.78 is 38.4. The molecule has 0 aliphatic heterocycles. The Kier molecular flexibility index (Phi) is 4.03. The molecule has 1 aromatic heterocycles. The van der Waals surface area contributed by atoms with Gasteiger partial charge in [-0.25, -0.2) is 4.98 Å². The maximum Gasteiger partial charge on any atom is 0.471 e. The fraction of sp³-hybridized carbons (Fsp3) is 0.636. The van der Waals surface area contributed by atoms with Crippen molar-refractivity contribution in [2.24, 2.45) is 5.41 Å². The normalized spacial score (nSPS) is 14.3. The van der Waals surface area contributed by atoms with Crippen molar-refractivity contribution < 1.29 is 18.0 Å². The maximum absolute atomic E-state index is 12.2. The standard InChI is InChI=1S/C11H16F3N3O/c1-10(2,3)8(6-17-5-4-15-7-17)16-9(18)11(12,13)14/h4-5,7-8H,6H2,1-3H3,(H,16,18). The van der Waals surface area contributed by atoms with Gasteiger partial charge in [0.05, 0.1) is 12.4 Å². The minimum Gasteiger partial charge on any atom is -0.343 e. The molecule has 0 aromatic carbocycles. The van der Waals surface area contributed by atoms with E-state index < -0.39 is 23.5 Å². The van der Waals surface area contributed by atoms with E-state index in [1.165, 1.54) is 12.5 Å². The maximum atomic E-state index is 12.2. The van der Waals surface area contributed by atoms with Gasteiger partial charge in [-0.2, -0.15) is 13.2 Å². The van der Waals surface area contributed by atoms with Crippen LogP contribution in [0.3, 0.4) is 0 Å². The lowest BCUT2D eigenvalue weighted by molar-refractivity contribution is -0.175. The molecule has 102 valence electrons. The molecule has 1 N–H and O–H groups in total. The minimum atomic E-state index is -4.86. The molecule has 0 radical (unpaired) electrons. The third-order valence-corrected chi connectivity index (χ3v) is 2.56. The quantitative estimate of drug-likeness (QED) is 0.906. The SMILES string of the molecule is CC(C)(C)C(Cn1ccnc1)NC(=O)C(F)(F)F. The number of nitrogens with zero attached hydrogens (tertiary/aromatic N) is 2. The first-order valence-corrected chi connectivity index (χ1v) is 5.44. The summed E-state index contributed by atoms with van der Waals surface area (Å²) in [6.07, 6.45) is -0.194. The molecule has 0 bridgehead atoms. The van der Waals surface area contributed by atoms with Crippen molar-refractivity contribution in [3.8, 4) is 0 Å². The highest BCUT2D eigenvalue weighted by atomic mass is 19.4. The van der Waals surface area contributed by atoms with Gasteiger partial charge in [0.1, 0.15) is 0 Å². The van der Waals surface area contributed by atoms with Crippen molar-refractivity contribution in [1.82, 2.24) is 14.9 Å². The van der Waals surface area contributed by atoms with Crippen LogP contribution < -0.4 is 5.32 Å². The Morgan fingerprint density at radius 1 is 1.39 bits per heavy atom. The van der Waals surface area contributed by atoms with Crippen molar-refractivity contribution in [3.63, 3.8) is 0 Å². The first kappa shape index (κ1) is 14.5. The molecule has 0 saturated heterocycles. The van der Waals surface area contributed by atoms with E-state index in [2.05, 4.69) is 4.98 Å². The van der Waals surface area contributed by atoms with Gasteiger partial charge < -0.3 is 9.88 Å². The molecular weight excluding hydrogens is 247 g/mol. The van der Waals surface area contributed by atoms with Gasteiger partial charge in [-0.3, -0.25) is 4.79 Å². The molecule has 0 saturated carbocycles. The summed E-state index contributed by atoms with van der Waals surface area (Å²) in [5, 5.41) is 2.02. The van der Waals surface area contributed by atoms with Gasteiger partial charge in [0.2, 0.25) is 0 Å². The summed E-state index contributed by atoms with van der Waals surface area (Å²) in [5.74, 6) is -1.91. The van der Waals surface area contributed by atoms with Crippen LogP contribution in [0, 0.1) is 5.41 Å². The lowest BCUT2D eigenvalue weighted by atomic mass is 9.86. The van der Waals surface area contributed by atoms with Gasteiger partial charge in [-0.1, -0.05) is 20.8 Å². The topological polar surface area (TPSA) is 46.9 Å². The number of amides is 1. The number of aromatic nitrogens is 2. The van der Waals surface area contributed by atoms with E-state index in [4.69, 9.17) is 0 Å². The lowest BCUT2D eigenvalue weighted by Gasteiger charge is -2.32. The van der Waals surface area contributed by atoms with Crippen LogP contribution in [0.4, 0.5) is 13.2 Å². The molecule has 1 aromatic rings. The molecule has 1 rings (SSSR count). The summed E-state index contributed by atoms with van der Waals surface area (Å²) >= 11 is 0. The van der Waals surface area contributed by atoms with Crippen molar-refractivity contribution in [2.45, 2.75) is 39.5 Å². The van der Waals surface area contributed by atoms with Crippen LogP contribution in [0.1, 0.15) is 20.8 Å². The molecule has 1 atom stereocenters. The van der Waals surface area contributed by atoms with Gasteiger partial charge in [0.15, 0.2) is 0 Å². The number of hydrogen-bond donors (Lipinski definition) is 1. The number of alkyl halides is 3. The molecule has 4 nitrogen and oxygen atoms in total. The number of imidazole rings is 1. The first-order chi connectivity index (χ1) is 8.10. The van der Waals surface area contributed by atoms with E-state index in [9.17, 15) is 18.0 Å². The Morgan fingerprint density at radius 2 is 2.00 bits per heavy atom. The van der Waals surface area contributed by atoms with Crippen LogP contribution in [0.15, 0.2) is 18.7 Å². The first-order valence-electron chi connectivity index (χ1n) is 5.44. The fourth-order valence-electron chi connectivity index (χ4n) is 1.38. The molecule has 0 aliphatic rings. The van der Waals surface area contributed by atoms with Crippen molar-refractivity contribution in [2.75, 3.05) is 0 Å². The number of carbonyl (C=O) groups is 1. The van der Waals surface area contributed by atoms with Gasteiger partial charge in [0.25, 0.3) is 0 Å². The van der Waals surface area contributed by atoms with Crippen LogP contribution in [0.2, 0.25) is 0 Å². The third kappa shape index (κ3) is 4.05. The highest BCUT2D eigenvalue weighted by molar-refractivity contribution is 5.82. The third-order valence-electron chi connectivity index (χ3n) is 2.56. The molecule has 0 aliphatic carbocycles. The summed E-state index contributed by atoms with van der Waals surface area (Å²) in [7, 11) is 0. The van der Waals surface area contributed by atoms with E-state index in [0.29, 0.717) is 0 Å². The van der Waals surface area contributed by atoms with Crippen LogP contribution in [0.5, 0.6) is 0 Å². The monoisotopic (exact) mass is 263 g/mol. The Labute approximate surface area is 103 Å². The summed E-state index contributed by atoms with van der Waals surface area (Å²) in [5.41, 5.74) is -0.495. The molecule has 0 spiro atoms. The van der Waals surface area contributed by atoms with Gasteiger partial charge >= 0.3 is 12.1 Å². The van der Waals surface area contributed by atoms with Crippen LogP contribution >= 0.6 is 0 Å². The highest BCUT2D eigenvalue weighted by Crippen LogP contribution is 2.23. The predicted octanol–water partition coefficient (Wildman–Crippen LogP) is 1.98. The second kappa shape index (κ2) is 4.99. The van der Waals surface area contributed by atoms with Gasteiger partial charge in [0, 0.05) is 18.9 Å². The Morgan fingerprint density at radius 3 is 2.39 bits per heavy atom. The minimum absolute atomic E-state index is 0.241. The van der Waals surface area contributed by atoms with E-state index >= 15 is 0 Å². The largest absolute Gasteiger partial charge is 0.471 e. The number of hydrogen-bond acceptors (Lipinski definition) is 2. The molecule has 1 unspecified atom stereocenters. The second-order valence-corrected chi connectivity index (χ2v) is 5.15. The van der Waals surface area contributed by atoms with Gasteiger partial charge in [-0.05, 0) is 5.41 Å². The number of carbonyl (C=O) groups excluding carboxylic acids is 1. The summed E-state index contributed by atoms with van der Waals surface area (Å²) in [6.45, 7) is 5.55. The van der Waals surface area contributed by atoms with Crippen LogP contribution in [-0.2, 0) is 11.3 Å². The molecule has 18 heavy (non-hydrogen) atoms. The molecular formula is C11H16F3N3O. The summed E-state index contributed by atoms with van der Waals surface area (Å²) in [6, 6.07) is -0.638. The van der Waals surface area contributed by atoms with E-state index in [0.717, 1.165) is 0 Å². The van der Waals surface area contributed by atoms with Crippen molar-refractivity contribution >= 4 is 5.91 Å². The lowest BCUT2D eigenvalue weighted by Crippen LogP contribution is -2.50. The zero-order valence-electron chi connectivity index (χ0n) is 10.5. The Bertz CT molecular complexity index is 393. The average Bonchev–Trinajstić information content (AvgIpc) is 2.66. The van der Waals surface area contributed by atoms with E-state index in [-0.39, 0.29) is 6.54 Å². The van der Waals surface area contributed by atoms with E-state index in [1.807, 2.05) is 5.32 Å². The Balaban J connectivity index is 2.78. The van der Waals surface area contributed by atoms with E-state index in [1.54, 1.807) is 31.5 Å².